The van der Waals surface area contributed by atoms with Crippen molar-refractivity contribution in [2.75, 3.05) is 20.7 Å². The predicted molar refractivity (Wildman–Crippen MR) is 139 cm³/mol. The van der Waals surface area contributed by atoms with Crippen molar-refractivity contribution < 1.29 is 14.3 Å². The van der Waals surface area contributed by atoms with E-state index in [1.807, 2.05) is 30.3 Å². The molecule has 0 fully saturated rings. The molecule has 0 aliphatic rings. The van der Waals surface area contributed by atoms with Crippen molar-refractivity contribution >= 4 is 22.7 Å². The van der Waals surface area contributed by atoms with E-state index >= 15 is 0 Å². The number of ether oxygens (including phenoxy) is 1. The minimum Gasteiger partial charge on any atom is -0.480 e. The van der Waals surface area contributed by atoms with Crippen molar-refractivity contribution in [3.63, 3.8) is 0 Å². The Morgan fingerprint density at radius 3 is 2.70 bits per heavy atom. The number of imidazole rings is 1. The molecule has 1 atom stereocenters. The lowest BCUT2D eigenvalue weighted by atomic mass is 9.99. The molecule has 1 unspecified atom stereocenters. The molecule has 0 aliphatic carbocycles. The van der Waals surface area contributed by atoms with Gasteiger partial charge >= 0.3 is 0 Å². The Hall–Kier alpha value is -4.28. The van der Waals surface area contributed by atoms with E-state index in [1.54, 1.807) is 24.9 Å². The summed E-state index contributed by atoms with van der Waals surface area (Å²) in [6.45, 7) is 0.575. The van der Waals surface area contributed by atoms with E-state index in [0.29, 0.717) is 18.8 Å². The van der Waals surface area contributed by atoms with E-state index in [-0.39, 0.29) is 24.3 Å². The Morgan fingerprint density at radius 1 is 1.11 bits per heavy atom. The average molecular weight is 505 g/mol. The first-order valence-corrected chi connectivity index (χ1v) is 12.4. The van der Waals surface area contributed by atoms with Gasteiger partial charge in [-0.3, -0.25) is 9.59 Å². The maximum Gasteiger partial charge on any atom is 0.240 e. The highest BCUT2D eigenvalue weighted by atomic mass is 16.5. The molecule has 0 saturated heterocycles. The molecular formula is C26H32N8O3. The minimum atomic E-state index is -0.128. The molecule has 11 nitrogen and oxygen atoms in total. The molecule has 194 valence electrons. The lowest BCUT2D eigenvalue weighted by Crippen LogP contribution is -2.31. The summed E-state index contributed by atoms with van der Waals surface area (Å²) in [5.41, 5.74) is 2.47. The standard InChI is InChI=1S/C26H32N8O3/c1-27-23(35)11-5-3-4-9-19(13-28-24(36)15-34-16-30-31-17-34)25-29-14-22(32-25)20-12-18-8-6-7-10-21(18)33-26(20)37-2/h6-8,10,12,14,16-17,19H,3-5,9,11,13,15H2,1-2H3,(H,27,35)(H,28,36)(H,29,32). The molecule has 0 radical (unpaired) electrons. The third kappa shape index (κ3) is 6.90. The van der Waals surface area contributed by atoms with E-state index in [2.05, 4.69) is 35.8 Å². The zero-order chi connectivity index (χ0) is 26.0. The molecule has 0 saturated carbocycles. The number of carbonyl (C=O) groups excluding carboxylic acids is 2. The summed E-state index contributed by atoms with van der Waals surface area (Å²) in [6.07, 6.45) is 8.74. The summed E-state index contributed by atoms with van der Waals surface area (Å²) in [6, 6.07) is 9.91. The van der Waals surface area contributed by atoms with Gasteiger partial charge in [0.2, 0.25) is 17.7 Å². The van der Waals surface area contributed by atoms with Gasteiger partial charge in [-0.25, -0.2) is 9.97 Å². The Labute approximate surface area is 215 Å². The summed E-state index contributed by atoms with van der Waals surface area (Å²) in [5.74, 6) is 1.18. The average Bonchev–Trinajstić information content (AvgIpc) is 3.62. The van der Waals surface area contributed by atoms with Gasteiger partial charge in [-0.15, -0.1) is 10.2 Å². The third-order valence-electron chi connectivity index (χ3n) is 6.23. The van der Waals surface area contributed by atoms with E-state index in [0.717, 1.165) is 53.7 Å². The van der Waals surface area contributed by atoms with Gasteiger partial charge < -0.3 is 24.9 Å². The first-order valence-electron chi connectivity index (χ1n) is 12.4. The number of fused-ring (bicyclic) bond motifs is 1. The SMILES string of the molecule is CNC(=O)CCCCCC(CNC(=O)Cn1cnnc1)c1ncc(-c2cc3ccccc3nc2OC)[nH]1. The molecule has 37 heavy (non-hydrogen) atoms. The summed E-state index contributed by atoms with van der Waals surface area (Å²) >= 11 is 0. The lowest BCUT2D eigenvalue weighted by Gasteiger charge is -2.16. The number of methoxy groups -OCH3 is 1. The maximum absolute atomic E-state index is 12.5. The number of nitrogens with one attached hydrogen (secondary N) is 3. The summed E-state index contributed by atoms with van der Waals surface area (Å²) in [4.78, 5) is 36.7. The second-order valence-corrected chi connectivity index (χ2v) is 8.83. The van der Waals surface area contributed by atoms with Gasteiger partial charge in [0, 0.05) is 31.3 Å². The molecule has 4 aromatic rings. The molecule has 0 spiro atoms. The lowest BCUT2D eigenvalue weighted by molar-refractivity contribution is -0.122. The van der Waals surface area contributed by atoms with Crippen LogP contribution in [0, 0.1) is 0 Å². The van der Waals surface area contributed by atoms with Crippen molar-refractivity contribution in [1.29, 1.82) is 0 Å². The third-order valence-corrected chi connectivity index (χ3v) is 6.23. The second kappa shape index (κ2) is 12.6. The number of carbonyl (C=O) groups is 2. The van der Waals surface area contributed by atoms with E-state index < -0.39 is 0 Å². The monoisotopic (exact) mass is 504 g/mol. The number of nitrogens with zero attached hydrogens (tertiary/aromatic N) is 5. The van der Waals surface area contributed by atoms with Crippen molar-refractivity contribution in [2.24, 2.45) is 0 Å². The molecule has 3 N–H and O–H groups in total. The van der Waals surface area contributed by atoms with Crippen molar-refractivity contribution in [3.8, 4) is 17.1 Å². The fraction of sp³-hybridized carbons (Fsp3) is 0.385. The number of pyridine rings is 1. The van der Waals surface area contributed by atoms with Crippen LogP contribution in [0.1, 0.15) is 43.8 Å². The summed E-state index contributed by atoms with van der Waals surface area (Å²) < 4.78 is 7.18. The molecule has 1 aromatic carbocycles. The summed E-state index contributed by atoms with van der Waals surface area (Å²) in [7, 11) is 3.25. The molecule has 11 heteroatoms. The zero-order valence-corrected chi connectivity index (χ0v) is 21.1. The molecular weight excluding hydrogens is 472 g/mol. The number of benzene rings is 1. The minimum absolute atomic E-state index is 0.0296. The Bertz CT molecular complexity index is 1320. The van der Waals surface area contributed by atoms with E-state index in [4.69, 9.17) is 4.74 Å². The van der Waals surface area contributed by atoms with Gasteiger partial charge in [0.1, 0.15) is 25.0 Å². The number of para-hydroxylation sites is 1. The van der Waals surface area contributed by atoms with Crippen LogP contribution in [0.25, 0.3) is 22.2 Å². The van der Waals surface area contributed by atoms with Gasteiger partial charge in [0.15, 0.2) is 0 Å². The smallest absolute Gasteiger partial charge is 0.240 e. The number of rotatable bonds is 13. The van der Waals surface area contributed by atoms with Crippen LogP contribution >= 0.6 is 0 Å². The van der Waals surface area contributed by atoms with E-state index in [1.165, 1.54) is 12.7 Å². The van der Waals surface area contributed by atoms with Gasteiger partial charge in [-0.05, 0) is 25.0 Å². The van der Waals surface area contributed by atoms with Crippen LogP contribution in [-0.2, 0) is 16.1 Å². The molecule has 2 amide bonds. The largest absolute Gasteiger partial charge is 0.480 e. The van der Waals surface area contributed by atoms with Gasteiger partial charge in [0.05, 0.1) is 30.1 Å². The highest BCUT2D eigenvalue weighted by molar-refractivity contribution is 5.85. The first kappa shape index (κ1) is 25.8. The van der Waals surface area contributed by atoms with Crippen LogP contribution < -0.4 is 15.4 Å². The Kier molecular flexibility index (Phi) is 8.79. The van der Waals surface area contributed by atoms with Crippen molar-refractivity contribution in [1.82, 2.24) is 40.3 Å². The molecule has 3 heterocycles. The zero-order valence-electron chi connectivity index (χ0n) is 21.1. The second-order valence-electron chi connectivity index (χ2n) is 8.83. The van der Waals surface area contributed by atoms with Crippen molar-refractivity contribution in [2.45, 2.75) is 44.6 Å². The number of aromatic amines is 1. The Morgan fingerprint density at radius 2 is 1.92 bits per heavy atom. The van der Waals surface area contributed by atoms with Crippen molar-refractivity contribution in [3.05, 3.63) is 55.0 Å². The fourth-order valence-electron chi connectivity index (χ4n) is 4.20. The highest BCUT2D eigenvalue weighted by Gasteiger charge is 2.19. The molecule has 4 rings (SSSR count). The number of aromatic nitrogens is 6. The van der Waals surface area contributed by atoms with Crippen LogP contribution in [0.5, 0.6) is 5.88 Å². The molecule has 0 aliphatic heterocycles. The Balaban J connectivity index is 1.48. The van der Waals surface area contributed by atoms with E-state index in [9.17, 15) is 9.59 Å². The fourth-order valence-corrected chi connectivity index (χ4v) is 4.20. The number of hydrogen-bond donors (Lipinski definition) is 3. The predicted octanol–water partition coefficient (Wildman–Crippen LogP) is 2.82. The molecule has 0 bridgehead atoms. The summed E-state index contributed by atoms with van der Waals surface area (Å²) in [5, 5.41) is 14.1. The number of H-pyrrole nitrogens is 1. The number of unbranched alkanes of at least 4 members (excludes halogenated alkanes) is 2. The first-order chi connectivity index (χ1) is 18.1. The van der Waals surface area contributed by atoms with Crippen LogP contribution in [-0.4, -0.2) is 62.2 Å². The van der Waals surface area contributed by atoms with Crippen LogP contribution in [0.3, 0.4) is 0 Å². The highest BCUT2D eigenvalue weighted by Crippen LogP contribution is 2.32. The maximum atomic E-state index is 12.5. The topological polar surface area (TPSA) is 140 Å². The number of hydrogen-bond acceptors (Lipinski definition) is 7. The van der Waals surface area contributed by atoms with Crippen LogP contribution in [0.2, 0.25) is 0 Å². The van der Waals surface area contributed by atoms with Gasteiger partial charge in [-0.2, -0.15) is 0 Å². The number of amides is 2. The van der Waals surface area contributed by atoms with Gasteiger partial charge in [-0.1, -0.05) is 31.0 Å². The van der Waals surface area contributed by atoms with Gasteiger partial charge in [0.25, 0.3) is 0 Å². The van der Waals surface area contributed by atoms with Crippen LogP contribution in [0.15, 0.2) is 49.2 Å². The van der Waals surface area contributed by atoms with Crippen LogP contribution in [0.4, 0.5) is 0 Å². The quantitative estimate of drug-likeness (QED) is 0.238. The molecule has 3 aromatic heterocycles. The normalized spacial score (nSPS) is 11.8.